The predicted octanol–water partition coefficient (Wildman–Crippen LogP) is 0.997. The Bertz CT molecular complexity index is 697. The number of benzene rings is 1. The third-order valence-electron chi connectivity index (χ3n) is 4.22. The summed E-state index contributed by atoms with van der Waals surface area (Å²) in [7, 11) is -3.35. The van der Waals surface area contributed by atoms with E-state index >= 15 is 0 Å². The molecule has 120 valence electrons. The van der Waals surface area contributed by atoms with E-state index in [-0.39, 0.29) is 24.2 Å². The lowest BCUT2D eigenvalue weighted by Crippen LogP contribution is -2.38. The Balaban J connectivity index is 1.70. The van der Waals surface area contributed by atoms with Gasteiger partial charge in [-0.3, -0.25) is 4.79 Å². The molecular formula is C15H20N2O4S. The number of likely N-dealkylation sites (tertiary alicyclic amines) is 1. The second-order valence-corrected chi connectivity index (χ2v) is 8.09. The summed E-state index contributed by atoms with van der Waals surface area (Å²) in [5.74, 6) is -0.0637. The number of nitrogens with zero attached hydrogens (tertiary/aromatic N) is 1. The molecule has 6 nitrogen and oxygen atoms in total. The molecule has 0 unspecified atom stereocenters. The Morgan fingerprint density at radius 2 is 2.05 bits per heavy atom. The van der Waals surface area contributed by atoms with Crippen LogP contribution in [0.15, 0.2) is 18.2 Å². The van der Waals surface area contributed by atoms with Gasteiger partial charge in [0.2, 0.25) is 10.0 Å². The molecule has 1 saturated carbocycles. The topological polar surface area (TPSA) is 86.7 Å². The van der Waals surface area contributed by atoms with Crippen molar-refractivity contribution < 1.29 is 18.3 Å². The van der Waals surface area contributed by atoms with Gasteiger partial charge in [0.1, 0.15) is 5.75 Å². The van der Waals surface area contributed by atoms with E-state index in [1.807, 2.05) is 0 Å². The van der Waals surface area contributed by atoms with E-state index in [9.17, 15) is 18.3 Å². The van der Waals surface area contributed by atoms with E-state index in [0.717, 1.165) is 12.8 Å². The van der Waals surface area contributed by atoms with Gasteiger partial charge in [0, 0.05) is 24.7 Å². The fourth-order valence-electron chi connectivity index (χ4n) is 2.75. The minimum absolute atomic E-state index is 0.0918. The largest absolute Gasteiger partial charge is 0.508 e. The highest BCUT2D eigenvalue weighted by atomic mass is 32.2. The molecule has 1 atom stereocenters. The minimum Gasteiger partial charge on any atom is -0.508 e. The van der Waals surface area contributed by atoms with Gasteiger partial charge < -0.3 is 10.0 Å². The average molecular weight is 324 g/mol. The zero-order valence-electron chi connectivity index (χ0n) is 12.4. The Morgan fingerprint density at radius 3 is 2.68 bits per heavy atom. The first-order valence-electron chi connectivity index (χ1n) is 7.47. The molecule has 0 bridgehead atoms. The first kappa shape index (κ1) is 15.3. The third kappa shape index (κ3) is 3.10. The van der Waals surface area contributed by atoms with Crippen LogP contribution in [0.5, 0.6) is 5.75 Å². The van der Waals surface area contributed by atoms with Gasteiger partial charge in [-0.15, -0.1) is 0 Å². The highest BCUT2D eigenvalue weighted by Gasteiger charge is 2.38. The molecule has 22 heavy (non-hydrogen) atoms. The zero-order valence-corrected chi connectivity index (χ0v) is 13.3. The van der Waals surface area contributed by atoms with Crippen LogP contribution in [0.3, 0.4) is 0 Å². The SMILES string of the molecule is Cc1cc(O)ccc1C(=O)N1CC[C@@H](S(=O)(=O)NC2CC2)C1. The standard InChI is InChI=1S/C15H20N2O4S/c1-10-8-12(18)4-5-14(10)15(19)17-7-6-13(9-17)22(20,21)16-11-2-3-11/h4-5,8,11,13,16,18H,2-3,6-7,9H2,1H3/t13-/m1/s1. The molecule has 2 aliphatic rings. The highest BCUT2D eigenvalue weighted by Crippen LogP contribution is 2.25. The van der Waals surface area contributed by atoms with Gasteiger partial charge in [0.25, 0.3) is 5.91 Å². The van der Waals surface area contributed by atoms with Crippen LogP contribution in [0.4, 0.5) is 0 Å². The maximum absolute atomic E-state index is 12.5. The van der Waals surface area contributed by atoms with Gasteiger partial charge in [0.05, 0.1) is 5.25 Å². The van der Waals surface area contributed by atoms with Crippen LogP contribution in [0.2, 0.25) is 0 Å². The molecule has 1 aromatic rings. The second-order valence-electron chi connectivity index (χ2n) is 6.10. The molecule has 3 rings (SSSR count). The Kier molecular flexibility index (Phi) is 3.86. The molecule has 2 N–H and O–H groups in total. The number of sulfonamides is 1. The van der Waals surface area contributed by atoms with E-state index < -0.39 is 15.3 Å². The van der Waals surface area contributed by atoms with Crippen molar-refractivity contribution in [3.05, 3.63) is 29.3 Å². The molecule has 1 heterocycles. The maximum Gasteiger partial charge on any atom is 0.254 e. The van der Waals surface area contributed by atoms with Crippen LogP contribution in [0.1, 0.15) is 35.2 Å². The van der Waals surface area contributed by atoms with Crippen LogP contribution in [-0.4, -0.2) is 48.7 Å². The Morgan fingerprint density at radius 1 is 1.32 bits per heavy atom. The fraction of sp³-hybridized carbons (Fsp3) is 0.533. The lowest BCUT2D eigenvalue weighted by Gasteiger charge is -2.18. The van der Waals surface area contributed by atoms with Gasteiger partial charge >= 0.3 is 0 Å². The van der Waals surface area contributed by atoms with Crippen LogP contribution < -0.4 is 4.72 Å². The molecule has 1 aliphatic heterocycles. The van der Waals surface area contributed by atoms with Crippen molar-refractivity contribution in [3.63, 3.8) is 0 Å². The van der Waals surface area contributed by atoms with Crippen LogP contribution in [-0.2, 0) is 10.0 Å². The van der Waals surface area contributed by atoms with Gasteiger partial charge in [-0.1, -0.05) is 0 Å². The number of phenols is 1. The number of amides is 1. The summed E-state index contributed by atoms with van der Waals surface area (Å²) in [4.78, 5) is 14.1. The highest BCUT2D eigenvalue weighted by molar-refractivity contribution is 7.90. The number of nitrogens with one attached hydrogen (secondary N) is 1. The molecule has 1 aromatic carbocycles. The quantitative estimate of drug-likeness (QED) is 0.865. The number of phenolic OH excluding ortho intramolecular Hbond substituents is 1. The maximum atomic E-state index is 12.5. The molecule has 1 amide bonds. The number of hydrogen-bond acceptors (Lipinski definition) is 4. The van der Waals surface area contributed by atoms with Crippen molar-refractivity contribution in [1.29, 1.82) is 0 Å². The Labute approximate surface area is 130 Å². The molecular weight excluding hydrogens is 304 g/mol. The number of aryl methyl sites for hydroxylation is 1. The molecule has 0 spiro atoms. The lowest BCUT2D eigenvalue weighted by atomic mass is 10.1. The summed E-state index contributed by atoms with van der Waals surface area (Å²) < 4.78 is 27.1. The summed E-state index contributed by atoms with van der Waals surface area (Å²) in [5, 5.41) is 8.88. The summed E-state index contributed by atoms with van der Waals surface area (Å²) in [6.07, 6.45) is 2.27. The monoisotopic (exact) mass is 324 g/mol. The van der Waals surface area contributed by atoms with Crippen molar-refractivity contribution in [1.82, 2.24) is 9.62 Å². The van der Waals surface area contributed by atoms with Crippen LogP contribution in [0, 0.1) is 6.92 Å². The van der Waals surface area contributed by atoms with E-state index in [1.165, 1.54) is 12.1 Å². The number of hydrogen-bond donors (Lipinski definition) is 2. The number of rotatable bonds is 4. The molecule has 0 aromatic heterocycles. The fourth-order valence-corrected chi connectivity index (χ4v) is 4.44. The number of aromatic hydroxyl groups is 1. The molecule has 2 fully saturated rings. The second kappa shape index (κ2) is 5.55. The van der Waals surface area contributed by atoms with Gasteiger partial charge in [-0.25, -0.2) is 13.1 Å². The molecule has 1 saturated heterocycles. The van der Waals surface area contributed by atoms with Gasteiger partial charge in [-0.05, 0) is 49.9 Å². The lowest BCUT2D eigenvalue weighted by molar-refractivity contribution is 0.0792. The first-order valence-corrected chi connectivity index (χ1v) is 9.01. The minimum atomic E-state index is -3.35. The first-order chi connectivity index (χ1) is 10.4. The zero-order chi connectivity index (χ0) is 15.9. The molecule has 1 aliphatic carbocycles. The Hall–Kier alpha value is -1.60. The molecule has 0 radical (unpaired) electrons. The average Bonchev–Trinajstić information content (AvgIpc) is 3.08. The van der Waals surface area contributed by atoms with Gasteiger partial charge in [-0.2, -0.15) is 0 Å². The van der Waals surface area contributed by atoms with E-state index in [4.69, 9.17) is 0 Å². The van der Waals surface area contributed by atoms with Crippen molar-refractivity contribution in [3.8, 4) is 5.75 Å². The van der Waals surface area contributed by atoms with E-state index in [1.54, 1.807) is 17.9 Å². The summed E-state index contributed by atoms with van der Waals surface area (Å²) >= 11 is 0. The van der Waals surface area contributed by atoms with Crippen molar-refractivity contribution in [2.45, 2.75) is 37.5 Å². The smallest absolute Gasteiger partial charge is 0.254 e. The van der Waals surface area contributed by atoms with Gasteiger partial charge in [0.15, 0.2) is 0 Å². The number of carbonyl (C=O) groups is 1. The van der Waals surface area contributed by atoms with Crippen molar-refractivity contribution in [2.24, 2.45) is 0 Å². The van der Waals surface area contributed by atoms with Crippen LogP contribution >= 0.6 is 0 Å². The molecule has 7 heteroatoms. The van der Waals surface area contributed by atoms with E-state index in [2.05, 4.69) is 4.72 Å². The summed E-state index contributed by atoms with van der Waals surface area (Å²) in [5.41, 5.74) is 1.19. The predicted molar refractivity (Wildman–Crippen MR) is 82.2 cm³/mol. The van der Waals surface area contributed by atoms with Crippen molar-refractivity contribution in [2.75, 3.05) is 13.1 Å². The third-order valence-corrected chi connectivity index (χ3v) is 6.14. The normalized spacial score (nSPS) is 22.0. The summed E-state index contributed by atoms with van der Waals surface area (Å²) in [6.45, 7) is 2.42. The van der Waals surface area contributed by atoms with Crippen molar-refractivity contribution >= 4 is 15.9 Å². The van der Waals surface area contributed by atoms with Crippen LogP contribution in [0.25, 0.3) is 0 Å². The summed E-state index contributed by atoms with van der Waals surface area (Å²) in [6, 6.07) is 4.68. The van der Waals surface area contributed by atoms with E-state index in [0.29, 0.717) is 24.1 Å². The number of carbonyl (C=O) groups excluding carboxylic acids is 1.